The summed E-state index contributed by atoms with van der Waals surface area (Å²) in [5.74, 6) is -0.533. The Morgan fingerprint density at radius 3 is 2.57 bits per heavy atom. The maximum atomic E-state index is 13.5. The Hall–Kier alpha value is -3.94. The third kappa shape index (κ3) is 5.90. The number of hydrogen-bond acceptors (Lipinski definition) is 4. The van der Waals surface area contributed by atoms with Crippen LogP contribution in [0.1, 0.15) is 17.5 Å². The molecule has 0 fully saturated rings. The first-order valence-electron chi connectivity index (χ1n) is 12.8. The molecule has 7 nitrogen and oxygen atoms in total. The lowest BCUT2D eigenvalue weighted by atomic mass is 9.99. The average molecular weight is 497 g/mol. The summed E-state index contributed by atoms with van der Waals surface area (Å²) in [6.45, 7) is 1.16. The molecule has 2 amide bonds. The SMILES string of the molecule is O=C(NC(Cc1ccc2ccccc2c1)C(=O)NC(CO)Cc1c[nH]c2ccccc12)C1=CCNCC1. The highest BCUT2D eigenvalue weighted by atomic mass is 16.3. The number of H-pyrrole nitrogens is 1. The molecule has 190 valence electrons. The largest absolute Gasteiger partial charge is 0.394 e. The second-order valence-electron chi connectivity index (χ2n) is 9.55. The Kier molecular flexibility index (Phi) is 7.63. The van der Waals surface area contributed by atoms with Gasteiger partial charge in [0.2, 0.25) is 11.8 Å². The minimum absolute atomic E-state index is 0.210. The van der Waals surface area contributed by atoms with Crippen LogP contribution < -0.4 is 16.0 Å². The predicted molar refractivity (Wildman–Crippen MR) is 146 cm³/mol. The van der Waals surface area contributed by atoms with Crippen molar-refractivity contribution in [1.82, 2.24) is 20.9 Å². The molecule has 0 aliphatic carbocycles. The van der Waals surface area contributed by atoms with Crippen molar-refractivity contribution in [2.75, 3.05) is 19.7 Å². The van der Waals surface area contributed by atoms with Crippen LogP contribution in [0.25, 0.3) is 21.7 Å². The van der Waals surface area contributed by atoms with Crippen LogP contribution in [-0.4, -0.2) is 53.7 Å². The van der Waals surface area contributed by atoms with Crippen LogP contribution in [0.4, 0.5) is 0 Å². The van der Waals surface area contributed by atoms with Crippen LogP contribution in [0.5, 0.6) is 0 Å². The summed E-state index contributed by atoms with van der Waals surface area (Å²) in [6.07, 6.45) is 5.23. The topological polar surface area (TPSA) is 106 Å². The Labute approximate surface area is 216 Å². The van der Waals surface area contributed by atoms with E-state index in [4.69, 9.17) is 0 Å². The number of fused-ring (bicyclic) bond motifs is 2. The van der Waals surface area contributed by atoms with E-state index in [2.05, 4.69) is 27.0 Å². The molecular formula is C30H32N4O3. The third-order valence-corrected chi connectivity index (χ3v) is 6.94. The Morgan fingerprint density at radius 2 is 1.76 bits per heavy atom. The lowest BCUT2D eigenvalue weighted by Crippen LogP contribution is -2.52. The van der Waals surface area contributed by atoms with Crippen LogP contribution in [0.2, 0.25) is 0 Å². The second kappa shape index (κ2) is 11.4. The van der Waals surface area contributed by atoms with Crippen molar-refractivity contribution in [1.29, 1.82) is 0 Å². The van der Waals surface area contributed by atoms with Gasteiger partial charge in [-0.05, 0) is 47.4 Å². The van der Waals surface area contributed by atoms with Gasteiger partial charge in [-0.3, -0.25) is 9.59 Å². The number of carbonyl (C=O) groups excluding carboxylic acids is 2. The van der Waals surface area contributed by atoms with Crippen molar-refractivity contribution >= 4 is 33.5 Å². The van der Waals surface area contributed by atoms with E-state index in [1.807, 2.05) is 72.9 Å². The zero-order valence-corrected chi connectivity index (χ0v) is 20.7. The quantitative estimate of drug-likeness (QED) is 0.246. The molecule has 1 aromatic heterocycles. The summed E-state index contributed by atoms with van der Waals surface area (Å²) in [6, 6.07) is 20.8. The van der Waals surface area contributed by atoms with Gasteiger partial charge >= 0.3 is 0 Å². The van der Waals surface area contributed by atoms with Crippen molar-refractivity contribution in [2.45, 2.75) is 31.3 Å². The van der Waals surface area contributed by atoms with Gasteiger partial charge in [0.15, 0.2) is 0 Å². The van der Waals surface area contributed by atoms with Crippen LogP contribution in [-0.2, 0) is 22.4 Å². The molecule has 1 aliphatic heterocycles. The van der Waals surface area contributed by atoms with E-state index in [0.717, 1.165) is 39.3 Å². The number of aliphatic hydroxyl groups is 1. The summed E-state index contributed by atoms with van der Waals surface area (Å²) < 4.78 is 0. The number of carbonyl (C=O) groups is 2. The number of nitrogens with one attached hydrogen (secondary N) is 4. The molecule has 2 atom stereocenters. The number of benzene rings is 3. The van der Waals surface area contributed by atoms with Gasteiger partial charge in [-0.1, -0.05) is 66.7 Å². The number of hydrogen-bond donors (Lipinski definition) is 5. The second-order valence-corrected chi connectivity index (χ2v) is 9.55. The Morgan fingerprint density at radius 1 is 0.946 bits per heavy atom. The number of aromatic nitrogens is 1. The molecule has 37 heavy (non-hydrogen) atoms. The smallest absolute Gasteiger partial charge is 0.247 e. The van der Waals surface area contributed by atoms with E-state index >= 15 is 0 Å². The molecule has 0 spiro atoms. The van der Waals surface area contributed by atoms with Crippen LogP contribution >= 0.6 is 0 Å². The van der Waals surface area contributed by atoms with Gasteiger partial charge in [-0.2, -0.15) is 0 Å². The predicted octanol–water partition coefficient (Wildman–Crippen LogP) is 2.99. The molecular weight excluding hydrogens is 464 g/mol. The van der Waals surface area contributed by atoms with Crippen molar-refractivity contribution in [2.24, 2.45) is 0 Å². The average Bonchev–Trinajstić information content (AvgIpc) is 3.35. The highest BCUT2D eigenvalue weighted by molar-refractivity contribution is 5.97. The molecule has 0 bridgehead atoms. The van der Waals surface area contributed by atoms with Crippen molar-refractivity contribution in [3.63, 3.8) is 0 Å². The van der Waals surface area contributed by atoms with Gasteiger partial charge in [0, 0.05) is 35.6 Å². The molecule has 1 aliphatic rings. The molecule has 2 unspecified atom stereocenters. The fourth-order valence-electron chi connectivity index (χ4n) is 4.92. The zero-order valence-electron chi connectivity index (χ0n) is 20.7. The molecule has 0 saturated heterocycles. The summed E-state index contributed by atoms with van der Waals surface area (Å²) in [5.41, 5.74) is 3.67. The maximum Gasteiger partial charge on any atom is 0.247 e. The van der Waals surface area contributed by atoms with Gasteiger partial charge in [0.1, 0.15) is 6.04 Å². The summed E-state index contributed by atoms with van der Waals surface area (Å²) in [5, 5.41) is 22.5. The van der Waals surface area contributed by atoms with E-state index in [9.17, 15) is 14.7 Å². The first-order chi connectivity index (χ1) is 18.1. The molecule has 3 aromatic carbocycles. The van der Waals surface area contributed by atoms with Gasteiger partial charge in [-0.25, -0.2) is 0 Å². The van der Waals surface area contributed by atoms with Gasteiger partial charge in [0.25, 0.3) is 0 Å². The molecule has 2 heterocycles. The first-order valence-corrected chi connectivity index (χ1v) is 12.8. The zero-order chi connectivity index (χ0) is 25.6. The van der Waals surface area contributed by atoms with Gasteiger partial charge < -0.3 is 26.0 Å². The minimum atomic E-state index is -0.776. The molecule has 7 heteroatoms. The summed E-state index contributed by atoms with van der Waals surface area (Å²) >= 11 is 0. The first kappa shape index (κ1) is 24.7. The maximum absolute atomic E-state index is 13.5. The number of aromatic amines is 1. The van der Waals surface area contributed by atoms with Crippen LogP contribution in [0, 0.1) is 0 Å². The minimum Gasteiger partial charge on any atom is -0.394 e. The number of para-hydroxylation sites is 1. The number of rotatable bonds is 9. The fourth-order valence-corrected chi connectivity index (χ4v) is 4.92. The Bertz CT molecular complexity index is 1440. The highest BCUT2D eigenvalue weighted by Crippen LogP contribution is 2.20. The molecule has 0 radical (unpaired) electrons. The van der Waals surface area contributed by atoms with Crippen molar-refractivity contribution in [3.05, 3.63) is 95.7 Å². The van der Waals surface area contributed by atoms with Crippen molar-refractivity contribution in [3.8, 4) is 0 Å². The molecule has 4 aromatic rings. The highest BCUT2D eigenvalue weighted by Gasteiger charge is 2.26. The van der Waals surface area contributed by atoms with Crippen molar-refractivity contribution < 1.29 is 14.7 Å². The van der Waals surface area contributed by atoms with E-state index in [0.29, 0.717) is 31.4 Å². The molecule has 0 saturated carbocycles. The third-order valence-electron chi connectivity index (χ3n) is 6.94. The van der Waals surface area contributed by atoms with E-state index in [1.54, 1.807) is 0 Å². The fraction of sp³-hybridized carbons (Fsp3) is 0.267. The molecule has 5 rings (SSSR count). The number of aliphatic hydroxyl groups excluding tert-OH is 1. The lowest BCUT2D eigenvalue weighted by molar-refractivity contribution is -0.128. The standard InChI is InChI=1S/C30H32N4O3/c35-19-25(17-24-18-32-27-8-4-3-7-26(24)27)33-30(37)28(34-29(36)22-11-13-31-14-12-22)16-20-9-10-21-5-1-2-6-23(21)15-20/h1-11,15,18,25,28,31-32,35H,12-14,16-17,19H2,(H,33,37)(H,34,36). The van der Waals surface area contributed by atoms with Gasteiger partial charge in [0.05, 0.1) is 12.6 Å². The Balaban J connectivity index is 1.34. The molecule has 5 N–H and O–H groups in total. The van der Waals surface area contributed by atoms with Crippen LogP contribution in [0.3, 0.4) is 0 Å². The summed E-state index contributed by atoms with van der Waals surface area (Å²) in [4.78, 5) is 29.8. The number of amides is 2. The van der Waals surface area contributed by atoms with Gasteiger partial charge in [-0.15, -0.1) is 0 Å². The van der Waals surface area contributed by atoms with E-state index < -0.39 is 12.1 Å². The monoisotopic (exact) mass is 496 g/mol. The normalized spacial score (nSPS) is 15.2. The summed E-state index contributed by atoms with van der Waals surface area (Å²) in [7, 11) is 0. The van der Waals surface area contributed by atoms with E-state index in [1.165, 1.54) is 0 Å². The van der Waals surface area contributed by atoms with E-state index in [-0.39, 0.29) is 18.4 Å². The van der Waals surface area contributed by atoms with Crippen LogP contribution in [0.15, 0.2) is 84.6 Å². The lowest BCUT2D eigenvalue weighted by Gasteiger charge is -2.24.